The molecular formula is C26H33N3O3S. The average molecular weight is 468 g/mol. The lowest BCUT2D eigenvalue weighted by Crippen LogP contribution is -2.41. The molecule has 0 radical (unpaired) electrons. The van der Waals surface area contributed by atoms with Crippen molar-refractivity contribution in [3.05, 3.63) is 60.2 Å². The molecule has 2 saturated heterocycles. The number of hydrogen-bond donors (Lipinski definition) is 1. The van der Waals surface area contributed by atoms with Crippen molar-refractivity contribution in [2.45, 2.75) is 25.8 Å². The van der Waals surface area contributed by atoms with Crippen LogP contribution in [0.25, 0.3) is 0 Å². The predicted molar refractivity (Wildman–Crippen MR) is 134 cm³/mol. The van der Waals surface area contributed by atoms with Crippen LogP contribution in [-0.2, 0) is 16.1 Å². The van der Waals surface area contributed by atoms with Gasteiger partial charge in [-0.3, -0.25) is 14.5 Å². The van der Waals surface area contributed by atoms with Crippen LogP contribution in [0.1, 0.15) is 24.8 Å². The second kappa shape index (κ2) is 12.1. The van der Waals surface area contributed by atoms with Crippen LogP contribution in [0.15, 0.2) is 54.6 Å². The maximum absolute atomic E-state index is 12.8. The number of anilines is 1. The van der Waals surface area contributed by atoms with Gasteiger partial charge in [0, 0.05) is 55.8 Å². The fraction of sp³-hybridized carbons (Fsp3) is 0.462. The minimum Gasteiger partial charge on any atom is -0.493 e. The summed E-state index contributed by atoms with van der Waals surface area (Å²) in [4.78, 5) is 29.6. The van der Waals surface area contributed by atoms with E-state index in [0.29, 0.717) is 39.0 Å². The van der Waals surface area contributed by atoms with E-state index in [0.717, 1.165) is 31.1 Å². The number of benzene rings is 2. The van der Waals surface area contributed by atoms with Gasteiger partial charge in [-0.05, 0) is 42.7 Å². The molecule has 4 rings (SSSR count). The molecule has 6 nitrogen and oxygen atoms in total. The van der Waals surface area contributed by atoms with E-state index in [9.17, 15) is 9.59 Å². The number of carbonyl (C=O) groups is 2. The van der Waals surface area contributed by atoms with E-state index in [2.05, 4.69) is 22.3 Å². The third-order valence-electron chi connectivity index (χ3n) is 6.25. The monoisotopic (exact) mass is 467 g/mol. The number of ether oxygens (including phenoxy) is 1. The Kier molecular flexibility index (Phi) is 8.66. The van der Waals surface area contributed by atoms with Gasteiger partial charge in [0.2, 0.25) is 11.8 Å². The summed E-state index contributed by atoms with van der Waals surface area (Å²) >= 11 is 2.01. The van der Waals surface area contributed by atoms with Crippen LogP contribution >= 0.6 is 11.8 Å². The fourth-order valence-electron chi connectivity index (χ4n) is 4.33. The number of likely N-dealkylation sites (tertiary alicyclic amines) is 1. The highest BCUT2D eigenvalue weighted by molar-refractivity contribution is 7.99. The third kappa shape index (κ3) is 7.24. The van der Waals surface area contributed by atoms with Crippen LogP contribution in [-0.4, -0.2) is 65.9 Å². The van der Waals surface area contributed by atoms with Gasteiger partial charge in [0.05, 0.1) is 13.0 Å². The molecule has 2 amide bonds. The fourth-order valence-corrected chi connectivity index (χ4v) is 5.31. The molecule has 2 aromatic rings. The number of carbonyl (C=O) groups excluding carboxylic acids is 2. The Balaban J connectivity index is 1.19. The summed E-state index contributed by atoms with van der Waals surface area (Å²) in [5, 5.41) is 3.10. The molecule has 0 bridgehead atoms. The highest BCUT2D eigenvalue weighted by atomic mass is 32.2. The first-order valence-electron chi connectivity index (χ1n) is 11.8. The molecule has 2 aromatic carbocycles. The lowest BCUT2D eigenvalue weighted by Gasteiger charge is -2.31. The van der Waals surface area contributed by atoms with Gasteiger partial charge in [0.25, 0.3) is 0 Å². The van der Waals surface area contributed by atoms with Crippen LogP contribution in [0.3, 0.4) is 0 Å². The second-order valence-corrected chi connectivity index (χ2v) is 9.87. The number of nitrogens with zero attached hydrogens (tertiary/aromatic N) is 2. The number of amides is 2. The summed E-state index contributed by atoms with van der Waals surface area (Å²) in [6.45, 7) is 4.78. The van der Waals surface area contributed by atoms with Crippen molar-refractivity contribution < 1.29 is 14.3 Å². The standard InChI is InChI=1S/C26H33N3O3S/c30-25(11-16-32-24-7-2-1-3-8-24)29-12-9-22(10-13-29)26(31)27-23-6-4-5-21(19-23)20-28-14-17-33-18-15-28/h1-8,19,22H,9-18,20H2,(H,27,31). The molecule has 1 N–H and O–H groups in total. The van der Waals surface area contributed by atoms with Crippen LogP contribution in [0.2, 0.25) is 0 Å². The van der Waals surface area contributed by atoms with Gasteiger partial charge in [-0.1, -0.05) is 30.3 Å². The van der Waals surface area contributed by atoms with Crippen molar-refractivity contribution in [3.63, 3.8) is 0 Å². The lowest BCUT2D eigenvalue weighted by atomic mass is 9.95. The first kappa shape index (κ1) is 23.6. The predicted octanol–water partition coefficient (Wildman–Crippen LogP) is 3.88. The van der Waals surface area contributed by atoms with Gasteiger partial charge in [-0.2, -0.15) is 11.8 Å². The third-order valence-corrected chi connectivity index (χ3v) is 7.19. The Labute approximate surface area is 200 Å². The van der Waals surface area contributed by atoms with E-state index in [1.165, 1.54) is 17.1 Å². The zero-order chi connectivity index (χ0) is 22.9. The van der Waals surface area contributed by atoms with Crippen LogP contribution in [0.5, 0.6) is 5.75 Å². The number of hydrogen-bond acceptors (Lipinski definition) is 5. The highest BCUT2D eigenvalue weighted by Gasteiger charge is 2.27. The maximum Gasteiger partial charge on any atom is 0.227 e. The number of rotatable bonds is 8. The van der Waals surface area contributed by atoms with Crippen LogP contribution in [0.4, 0.5) is 5.69 Å². The van der Waals surface area contributed by atoms with Crippen LogP contribution < -0.4 is 10.1 Å². The first-order valence-corrected chi connectivity index (χ1v) is 13.0. The molecule has 2 heterocycles. The van der Waals surface area contributed by atoms with Crippen molar-refractivity contribution >= 4 is 29.3 Å². The van der Waals surface area contributed by atoms with Crippen molar-refractivity contribution in [2.24, 2.45) is 5.92 Å². The number of para-hydroxylation sites is 1. The highest BCUT2D eigenvalue weighted by Crippen LogP contribution is 2.21. The Hall–Kier alpha value is -2.51. The Morgan fingerprint density at radius 3 is 2.48 bits per heavy atom. The van der Waals surface area contributed by atoms with Crippen molar-refractivity contribution in [1.82, 2.24) is 9.80 Å². The van der Waals surface area contributed by atoms with E-state index in [-0.39, 0.29) is 17.7 Å². The van der Waals surface area contributed by atoms with E-state index < -0.39 is 0 Å². The van der Waals surface area contributed by atoms with Gasteiger partial charge >= 0.3 is 0 Å². The molecule has 2 fully saturated rings. The number of piperidine rings is 1. The van der Waals surface area contributed by atoms with Crippen LogP contribution in [0, 0.1) is 5.92 Å². The molecule has 176 valence electrons. The summed E-state index contributed by atoms with van der Waals surface area (Å²) in [6.07, 6.45) is 1.75. The summed E-state index contributed by atoms with van der Waals surface area (Å²) < 4.78 is 5.64. The molecule has 0 unspecified atom stereocenters. The van der Waals surface area contributed by atoms with E-state index in [4.69, 9.17) is 4.74 Å². The average Bonchev–Trinajstić information content (AvgIpc) is 2.85. The number of nitrogens with one attached hydrogen (secondary N) is 1. The zero-order valence-electron chi connectivity index (χ0n) is 19.1. The largest absolute Gasteiger partial charge is 0.493 e. The molecule has 2 aliphatic heterocycles. The lowest BCUT2D eigenvalue weighted by molar-refractivity contribution is -0.135. The maximum atomic E-state index is 12.8. The first-order chi connectivity index (χ1) is 16.2. The second-order valence-electron chi connectivity index (χ2n) is 8.64. The molecule has 0 aliphatic carbocycles. The van der Waals surface area contributed by atoms with E-state index in [1.54, 1.807) is 0 Å². The quantitative estimate of drug-likeness (QED) is 0.638. The molecule has 2 aliphatic rings. The van der Waals surface area contributed by atoms with E-state index in [1.807, 2.05) is 59.1 Å². The Bertz CT molecular complexity index is 910. The van der Waals surface area contributed by atoms with Crippen molar-refractivity contribution in [3.8, 4) is 5.75 Å². The zero-order valence-corrected chi connectivity index (χ0v) is 19.9. The molecule has 0 saturated carbocycles. The topological polar surface area (TPSA) is 61.9 Å². The molecular weight excluding hydrogens is 434 g/mol. The van der Waals surface area contributed by atoms with Crippen molar-refractivity contribution in [2.75, 3.05) is 49.6 Å². The molecule has 0 atom stereocenters. The summed E-state index contributed by atoms with van der Waals surface area (Å²) in [5.41, 5.74) is 2.10. The van der Waals surface area contributed by atoms with Gasteiger partial charge in [-0.15, -0.1) is 0 Å². The summed E-state index contributed by atoms with van der Waals surface area (Å²) in [6, 6.07) is 17.7. The minimum absolute atomic E-state index is 0.0565. The van der Waals surface area contributed by atoms with Gasteiger partial charge in [-0.25, -0.2) is 0 Å². The van der Waals surface area contributed by atoms with Crippen molar-refractivity contribution in [1.29, 1.82) is 0 Å². The number of thioether (sulfide) groups is 1. The smallest absolute Gasteiger partial charge is 0.227 e. The summed E-state index contributed by atoms with van der Waals surface area (Å²) in [5.74, 6) is 3.25. The van der Waals surface area contributed by atoms with E-state index >= 15 is 0 Å². The molecule has 0 spiro atoms. The SMILES string of the molecule is O=C(Nc1cccc(CN2CCSCC2)c1)C1CCN(C(=O)CCOc2ccccc2)CC1. The van der Waals surface area contributed by atoms with Gasteiger partial charge in [0.1, 0.15) is 5.75 Å². The molecule has 7 heteroatoms. The molecule has 33 heavy (non-hydrogen) atoms. The normalized spacial score (nSPS) is 17.5. The summed E-state index contributed by atoms with van der Waals surface area (Å²) in [7, 11) is 0. The minimum atomic E-state index is -0.0580. The van der Waals surface area contributed by atoms with Gasteiger partial charge in [0.15, 0.2) is 0 Å². The Morgan fingerprint density at radius 2 is 1.73 bits per heavy atom. The molecule has 0 aromatic heterocycles. The Morgan fingerprint density at radius 1 is 0.970 bits per heavy atom. The van der Waals surface area contributed by atoms with Gasteiger partial charge < -0.3 is 15.0 Å².